The van der Waals surface area contributed by atoms with E-state index in [0.29, 0.717) is 38.0 Å². The summed E-state index contributed by atoms with van der Waals surface area (Å²) >= 11 is 0. The van der Waals surface area contributed by atoms with Gasteiger partial charge in [0.1, 0.15) is 11.9 Å². The fourth-order valence-electron chi connectivity index (χ4n) is 2.93. The number of aryl methyl sites for hydroxylation is 1. The van der Waals surface area contributed by atoms with E-state index < -0.39 is 6.04 Å². The molecule has 26 heavy (non-hydrogen) atoms. The first-order valence-corrected chi connectivity index (χ1v) is 8.48. The maximum absolute atomic E-state index is 13.5. The first-order valence-electron chi connectivity index (χ1n) is 8.48. The Morgan fingerprint density at radius 2 is 2.04 bits per heavy atom. The summed E-state index contributed by atoms with van der Waals surface area (Å²) in [5.74, 6) is -0.617. The smallest absolute Gasteiger partial charge is 0.241 e. The molecule has 1 aromatic rings. The van der Waals surface area contributed by atoms with Crippen molar-refractivity contribution in [2.75, 3.05) is 26.8 Å². The number of carbonyl (C=O) groups excluding carboxylic acids is 2. The zero-order chi connectivity index (χ0) is 18.4. The largest absolute Gasteiger partial charge is 0.383 e. The second kappa shape index (κ2) is 10.4. The number of methoxy groups -OCH3 is 1. The van der Waals surface area contributed by atoms with Gasteiger partial charge in [0.15, 0.2) is 0 Å². The number of halogens is 2. The van der Waals surface area contributed by atoms with Gasteiger partial charge in [-0.1, -0.05) is 12.1 Å². The molecule has 0 bridgehead atoms. The molecule has 1 aliphatic rings. The van der Waals surface area contributed by atoms with Crippen molar-refractivity contribution >= 4 is 24.2 Å². The molecule has 0 spiro atoms. The SMILES string of the molecule is COCC(N)C(=O)N1CCC(C(=O)NCc2ccc(C)c(F)c2)CC1.Cl. The van der Waals surface area contributed by atoms with Gasteiger partial charge in [0, 0.05) is 32.7 Å². The Morgan fingerprint density at radius 1 is 1.38 bits per heavy atom. The predicted octanol–water partition coefficient (Wildman–Crippen LogP) is 1.38. The van der Waals surface area contributed by atoms with Crippen LogP contribution in [-0.2, 0) is 20.9 Å². The van der Waals surface area contributed by atoms with Crippen LogP contribution in [0.1, 0.15) is 24.0 Å². The van der Waals surface area contributed by atoms with Gasteiger partial charge in [0.05, 0.1) is 6.61 Å². The van der Waals surface area contributed by atoms with Gasteiger partial charge in [-0.3, -0.25) is 9.59 Å². The number of hydrogen-bond donors (Lipinski definition) is 2. The van der Waals surface area contributed by atoms with Crippen molar-refractivity contribution in [3.63, 3.8) is 0 Å². The summed E-state index contributed by atoms with van der Waals surface area (Å²) in [6.45, 7) is 3.20. The molecule has 1 heterocycles. The Kier molecular flexibility index (Phi) is 8.98. The van der Waals surface area contributed by atoms with Crippen LogP contribution in [0.25, 0.3) is 0 Å². The lowest BCUT2D eigenvalue weighted by Crippen LogP contribution is -2.50. The van der Waals surface area contributed by atoms with E-state index >= 15 is 0 Å². The molecule has 0 saturated carbocycles. The molecule has 2 rings (SSSR count). The van der Waals surface area contributed by atoms with Gasteiger partial charge in [0.2, 0.25) is 11.8 Å². The van der Waals surface area contributed by atoms with E-state index in [2.05, 4.69) is 5.32 Å². The minimum absolute atomic E-state index is 0. The first-order chi connectivity index (χ1) is 11.9. The molecule has 0 aromatic heterocycles. The van der Waals surface area contributed by atoms with Gasteiger partial charge >= 0.3 is 0 Å². The number of carbonyl (C=O) groups is 2. The molecule has 2 amide bonds. The summed E-state index contributed by atoms with van der Waals surface area (Å²) in [4.78, 5) is 26.1. The molecule has 3 N–H and O–H groups in total. The molecule has 1 saturated heterocycles. The number of ether oxygens (including phenoxy) is 1. The fourth-order valence-corrected chi connectivity index (χ4v) is 2.93. The zero-order valence-electron chi connectivity index (χ0n) is 15.2. The van der Waals surface area contributed by atoms with Gasteiger partial charge < -0.3 is 20.7 Å². The van der Waals surface area contributed by atoms with Crippen molar-refractivity contribution in [1.82, 2.24) is 10.2 Å². The van der Waals surface area contributed by atoms with Crippen molar-refractivity contribution in [3.8, 4) is 0 Å². The van der Waals surface area contributed by atoms with E-state index in [-0.39, 0.29) is 42.6 Å². The molecule has 0 aliphatic carbocycles. The Balaban J connectivity index is 0.00000338. The van der Waals surface area contributed by atoms with Gasteiger partial charge in [0.25, 0.3) is 0 Å². The molecular formula is C18H27ClFN3O3. The zero-order valence-corrected chi connectivity index (χ0v) is 16.0. The predicted molar refractivity (Wildman–Crippen MR) is 99.4 cm³/mol. The third-order valence-electron chi connectivity index (χ3n) is 4.54. The Morgan fingerprint density at radius 3 is 2.62 bits per heavy atom. The number of piperidine rings is 1. The highest BCUT2D eigenvalue weighted by molar-refractivity contribution is 5.85. The molecule has 8 heteroatoms. The van der Waals surface area contributed by atoms with Crippen LogP contribution in [0.3, 0.4) is 0 Å². The number of benzene rings is 1. The summed E-state index contributed by atoms with van der Waals surface area (Å²) < 4.78 is 18.4. The monoisotopic (exact) mass is 387 g/mol. The number of hydrogen-bond acceptors (Lipinski definition) is 4. The van der Waals surface area contributed by atoms with Crippen LogP contribution in [0.2, 0.25) is 0 Å². The Bertz CT molecular complexity index is 622. The summed E-state index contributed by atoms with van der Waals surface area (Å²) in [7, 11) is 1.50. The molecule has 0 radical (unpaired) electrons. The Labute approximate surface area is 159 Å². The maximum atomic E-state index is 13.5. The van der Waals surface area contributed by atoms with Crippen molar-refractivity contribution in [3.05, 3.63) is 35.1 Å². The van der Waals surface area contributed by atoms with E-state index in [1.54, 1.807) is 24.0 Å². The lowest BCUT2D eigenvalue weighted by Gasteiger charge is -2.32. The molecule has 1 aromatic carbocycles. The molecule has 1 atom stereocenters. The van der Waals surface area contributed by atoms with Gasteiger partial charge in [-0.25, -0.2) is 4.39 Å². The molecule has 146 valence electrons. The van der Waals surface area contributed by atoms with Crippen molar-refractivity contribution < 1.29 is 18.7 Å². The normalized spacial score (nSPS) is 15.9. The summed E-state index contributed by atoms with van der Waals surface area (Å²) in [6.07, 6.45) is 1.19. The van der Waals surface area contributed by atoms with E-state index in [1.807, 2.05) is 0 Å². The number of nitrogens with one attached hydrogen (secondary N) is 1. The fraction of sp³-hybridized carbons (Fsp3) is 0.556. The van der Waals surface area contributed by atoms with E-state index in [1.165, 1.54) is 13.2 Å². The minimum atomic E-state index is -0.660. The Hall–Kier alpha value is -1.70. The third kappa shape index (κ3) is 5.93. The highest BCUT2D eigenvalue weighted by atomic mass is 35.5. The second-order valence-corrected chi connectivity index (χ2v) is 6.46. The van der Waals surface area contributed by atoms with Crippen LogP contribution in [0.15, 0.2) is 18.2 Å². The van der Waals surface area contributed by atoms with Crippen LogP contribution < -0.4 is 11.1 Å². The maximum Gasteiger partial charge on any atom is 0.241 e. The summed E-state index contributed by atoms with van der Waals surface area (Å²) in [5.41, 5.74) is 7.08. The van der Waals surface area contributed by atoms with E-state index in [4.69, 9.17) is 10.5 Å². The van der Waals surface area contributed by atoms with Crippen LogP contribution in [0.5, 0.6) is 0 Å². The topological polar surface area (TPSA) is 84.7 Å². The highest BCUT2D eigenvalue weighted by Gasteiger charge is 2.29. The average molecular weight is 388 g/mol. The van der Waals surface area contributed by atoms with Crippen LogP contribution >= 0.6 is 12.4 Å². The minimum Gasteiger partial charge on any atom is -0.383 e. The average Bonchev–Trinajstić information content (AvgIpc) is 2.62. The van der Waals surface area contributed by atoms with E-state index in [9.17, 15) is 14.0 Å². The highest BCUT2D eigenvalue weighted by Crippen LogP contribution is 2.18. The van der Waals surface area contributed by atoms with Crippen molar-refractivity contribution in [1.29, 1.82) is 0 Å². The van der Waals surface area contributed by atoms with Crippen LogP contribution in [0, 0.1) is 18.7 Å². The molecule has 6 nitrogen and oxygen atoms in total. The number of rotatable bonds is 6. The van der Waals surface area contributed by atoms with Gasteiger partial charge in [-0.2, -0.15) is 0 Å². The number of nitrogens with zero attached hydrogens (tertiary/aromatic N) is 1. The number of nitrogens with two attached hydrogens (primary N) is 1. The molecule has 1 unspecified atom stereocenters. The quantitative estimate of drug-likeness (QED) is 0.772. The van der Waals surface area contributed by atoms with Gasteiger partial charge in [-0.05, 0) is 37.0 Å². The third-order valence-corrected chi connectivity index (χ3v) is 4.54. The van der Waals surface area contributed by atoms with E-state index in [0.717, 1.165) is 5.56 Å². The van der Waals surface area contributed by atoms with Crippen molar-refractivity contribution in [2.24, 2.45) is 11.7 Å². The number of likely N-dealkylation sites (tertiary alicyclic amines) is 1. The van der Waals surface area contributed by atoms with Crippen molar-refractivity contribution in [2.45, 2.75) is 32.4 Å². The molecule has 1 aliphatic heterocycles. The molecule has 1 fully saturated rings. The van der Waals surface area contributed by atoms with Crippen LogP contribution in [0.4, 0.5) is 4.39 Å². The standard InChI is InChI=1S/C18H26FN3O3.ClH/c1-12-3-4-13(9-15(12)19)10-21-17(23)14-5-7-22(8-6-14)18(24)16(20)11-25-2;/h3-4,9,14,16H,5-8,10-11,20H2,1-2H3,(H,21,23);1H. The summed E-state index contributed by atoms with van der Waals surface area (Å²) in [5, 5.41) is 2.85. The molecular weight excluding hydrogens is 361 g/mol. The lowest BCUT2D eigenvalue weighted by atomic mass is 9.95. The lowest BCUT2D eigenvalue weighted by molar-refractivity contribution is -0.137. The van der Waals surface area contributed by atoms with Crippen LogP contribution in [-0.4, -0.2) is 49.6 Å². The van der Waals surface area contributed by atoms with Gasteiger partial charge in [-0.15, -0.1) is 12.4 Å². The number of amides is 2. The first kappa shape index (κ1) is 22.3. The second-order valence-electron chi connectivity index (χ2n) is 6.46. The summed E-state index contributed by atoms with van der Waals surface area (Å²) in [6, 6.07) is 4.28.